The van der Waals surface area contributed by atoms with Crippen molar-refractivity contribution >= 4 is 5.78 Å². The van der Waals surface area contributed by atoms with Gasteiger partial charge in [-0.1, -0.05) is 40.7 Å². The molecular weight excluding hydrogens is 148 g/mol. The summed E-state index contributed by atoms with van der Waals surface area (Å²) < 4.78 is 0. The second-order valence-corrected chi connectivity index (χ2v) is 3.91. The number of rotatable bonds is 5. The first-order chi connectivity index (χ1) is 5.49. The summed E-state index contributed by atoms with van der Waals surface area (Å²) in [5.74, 6) is 0.323. The molecule has 1 atom stereocenters. The van der Waals surface area contributed by atoms with Crippen LogP contribution in [0.4, 0.5) is 0 Å². The molecule has 70 valence electrons. The van der Waals surface area contributed by atoms with E-state index in [0.29, 0.717) is 0 Å². The van der Waals surface area contributed by atoms with Crippen LogP contribution in [0.3, 0.4) is 0 Å². The molecular formula is C11H20O. The van der Waals surface area contributed by atoms with Gasteiger partial charge in [0.15, 0.2) is 5.78 Å². The van der Waals surface area contributed by atoms with Crippen LogP contribution in [0.5, 0.6) is 0 Å². The quantitative estimate of drug-likeness (QED) is 0.576. The lowest BCUT2D eigenvalue weighted by molar-refractivity contribution is -0.121. The zero-order valence-electron chi connectivity index (χ0n) is 8.68. The highest BCUT2D eigenvalue weighted by molar-refractivity contribution is 5.91. The van der Waals surface area contributed by atoms with E-state index in [1.54, 1.807) is 0 Å². The molecule has 0 N–H and O–H groups in total. The first-order valence-electron chi connectivity index (χ1n) is 4.65. The van der Waals surface area contributed by atoms with Crippen LogP contribution in [0.15, 0.2) is 12.7 Å². The summed E-state index contributed by atoms with van der Waals surface area (Å²) in [6, 6.07) is 0. The molecule has 0 aliphatic heterocycles. The fraction of sp³-hybridized carbons (Fsp3) is 0.727. The van der Waals surface area contributed by atoms with Crippen LogP contribution in [-0.2, 0) is 4.79 Å². The Balaban J connectivity index is 4.54. The summed E-state index contributed by atoms with van der Waals surface area (Å²) in [4.78, 5) is 11.4. The number of allylic oxidation sites excluding steroid dienone is 1. The molecule has 12 heavy (non-hydrogen) atoms. The van der Waals surface area contributed by atoms with E-state index in [2.05, 4.69) is 34.3 Å². The zero-order valence-corrected chi connectivity index (χ0v) is 8.68. The van der Waals surface area contributed by atoms with Gasteiger partial charge in [-0.3, -0.25) is 4.79 Å². The molecule has 1 unspecified atom stereocenters. The molecule has 1 nitrogen and oxygen atoms in total. The van der Waals surface area contributed by atoms with Crippen LogP contribution in [0.1, 0.15) is 40.5 Å². The topological polar surface area (TPSA) is 17.1 Å². The molecule has 0 rings (SSSR count). The van der Waals surface area contributed by atoms with Crippen molar-refractivity contribution in [2.75, 3.05) is 0 Å². The van der Waals surface area contributed by atoms with Crippen LogP contribution >= 0.6 is 0 Å². The summed E-state index contributed by atoms with van der Waals surface area (Å²) in [7, 11) is 0. The van der Waals surface area contributed by atoms with Crippen LogP contribution < -0.4 is 0 Å². The minimum absolute atomic E-state index is 0.111. The number of carbonyl (C=O) groups excluding carboxylic acids is 1. The molecule has 0 saturated carbocycles. The third-order valence-corrected chi connectivity index (χ3v) is 2.81. The predicted octanol–water partition coefficient (Wildman–Crippen LogP) is 3.20. The minimum Gasteiger partial charge on any atom is -0.295 e. The molecule has 0 amide bonds. The first kappa shape index (κ1) is 11.4. The third kappa shape index (κ3) is 2.47. The van der Waals surface area contributed by atoms with Gasteiger partial charge in [0, 0.05) is 5.92 Å². The van der Waals surface area contributed by atoms with Crippen LogP contribution in [0.25, 0.3) is 0 Å². The second kappa shape index (κ2) is 4.44. The lowest BCUT2D eigenvalue weighted by atomic mass is 9.73. The Morgan fingerprint density at radius 2 is 2.00 bits per heavy atom. The van der Waals surface area contributed by atoms with Gasteiger partial charge in [-0.05, 0) is 17.9 Å². The molecule has 0 aromatic heterocycles. The Hall–Kier alpha value is -0.590. The fourth-order valence-corrected chi connectivity index (χ4v) is 1.53. The largest absolute Gasteiger partial charge is 0.295 e. The Labute approximate surface area is 75.9 Å². The van der Waals surface area contributed by atoms with Crippen LogP contribution in [0, 0.1) is 11.3 Å². The lowest BCUT2D eigenvalue weighted by Gasteiger charge is -2.30. The summed E-state index contributed by atoms with van der Waals surface area (Å²) in [5, 5.41) is 0. The van der Waals surface area contributed by atoms with Crippen molar-refractivity contribution < 1.29 is 4.79 Å². The molecule has 0 aliphatic carbocycles. The summed E-state index contributed by atoms with van der Waals surface area (Å²) >= 11 is 0. The van der Waals surface area contributed by atoms with Crippen molar-refractivity contribution in [1.29, 1.82) is 0 Å². The lowest BCUT2D eigenvalue weighted by Crippen LogP contribution is -2.28. The van der Waals surface area contributed by atoms with E-state index in [1.807, 2.05) is 0 Å². The maximum absolute atomic E-state index is 11.4. The maximum Gasteiger partial charge on any atom is 0.158 e. The highest BCUT2D eigenvalue weighted by Gasteiger charge is 2.30. The number of hydrogen-bond donors (Lipinski definition) is 0. The Morgan fingerprint density at radius 3 is 2.25 bits per heavy atom. The zero-order chi connectivity index (χ0) is 9.78. The van der Waals surface area contributed by atoms with Gasteiger partial charge < -0.3 is 0 Å². The van der Waals surface area contributed by atoms with Crippen molar-refractivity contribution in [1.82, 2.24) is 0 Å². The molecule has 0 aromatic rings. The summed E-state index contributed by atoms with van der Waals surface area (Å²) in [6.45, 7) is 12.0. The van der Waals surface area contributed by atoms with E-state index in [0.717, 1.165) is 12.8 Å². The van der Waals surface area contributed by atoms with Gasteiger partial charge in [0.25, 0.3) is 0 Å². The van der Waals surface area contributed by atoms with E-state index in [9.17, 15) is 4.79 Å². The molecule has 0 bridgehead atoms. The van der Waals surface area contributed by atoms with Gasteiger partial charge in [0.2, 0.25) is 0 Å². The highest BCUT2D eigenvalue weighted by atomic mass is 16.1. The number of ketones is 1. The van der Waals surface area contributed by atoms with E-state index in [1.165, 1.54) is 6.08 Å². The summed E-state index contributed by atoms with van der Waals surface area (Å²) in [6.07, 6.45) is 3.39. The number of hydrogen-bond acceptors (Lipinski definition) is 1. The van der Waals surface area contributed by atoms with Crippen molar-refractivity contribution in [3.8, 4) is 0 Å². The van der Waals surface area contributed by atoms with Gasteiger partial charge in [0.1, 0.15) is 0 Å². The SMILES string of the molecule is C=CC(=O)C(CC)C(C)(C)CC. The smallest absolute Gasteiger partial charge is 0.158 e. The Kier molecular flexibility index (Phi) is 4.22. The van der Waals surface area contributed by atoms with Crippen LogP contribution in [0.2, 0.25) is 0 Å². The molecule has 0 aliphatic rings. The number of carbonyl (C=O) groups is 1. The minimum atomic E-state index is 0.111. The summed E-state index contributed by atoms with van der Waals surface area (Å²) in [5.41, 5.74) is 0.111. The monoisotopic (exact) mass is 168 g/mol. The van der Waals surface area contributed by atoms with Gasteiger partial charge in [-0.2, -0.15) is 0 Å². The van der Waals surface area contributed by atoms with Crippen molar-refractivity contribution in [2.45, 2.75) is 40.5 Å². The molecule has 0 aromatic carbocycles. The van der Waals surface area contributed by atoms with Gasteiger partial charge in [-0.15, -0.1) is 0 Å². The highest BCUT2D eigenvalue weighted by Crippen LogP contribution is 2.33. The van der Waals surface area contributed by atoms with Crippen LogP contribution in [-0.4, -0.2) is 5.78 Å². The van der Waals surface area contributed by atoms with Crippen molar-refractivity contribution in [2.24, 2.45) is 11.3 Å². The maximum atomic E-state index is 11.4. The molecule has 0 saturated heterocycles. The second-order valence-electron chi connectivity index (χ2n) is 3.91. The molecule has 0 spiro atoms. The molecule has 0 radical (unpaired) electrons. The Bertz CT molecular complexity index is 168. The average molecular weight is 168 g/mol. The molecule has 1 heteroatoms. The normalized spacial score (nSPS) is 14.0. The predicted molar refractivity (Wildman–Crippen MR) is 53.1 cm³/mol. The van der Waals surface area contributed by atoms with E-state index < -0.39 is 0 Å². The van der Waals surface area contributed by atoms with Gasteiger partial charge in [0.05, 0.1) is 0 Å². The molecule has 0 fully saturated rings. The molecule has 0 heterocycles. The van der Waals surface area contributed by atoms with Gasteiger partial charge in [-0.25, -0.2) is 0 Å². The standard InChI is InChI=1S/C11H20O/c1-6-9(10(12)7-2)11(4,5)8-3/h7,9H,2,6,8H2,1,3-5H3. The van der Waals surface area contributed by atoms with E-state index in [4.69, 9.17) is 0 Å². The van der Waals surface area contributed by atoms with E-state index in [-0.39, 0.29) is 17.1 Å². The Morgan fingerprint density at radius 1 is 1.50 bits per heavy atom. The van der Waals surface area contributed by atoms with E-state index >= 15 is 0 Å². The van der Waals surface area contributed by atoms with Crippen molar-refractivity contribution in [3.05, 3.63) is 12.7 Å². The average Bonchev–Trinajstić information content (AvgIpc) is 2.05. The van der Waals surface area contributed by atoms with Crippen molar-refractivity contribution in [3.63, 3.8) is 0 Å². The van der Waals surface area contributed by atoms with Gasteiger partial charge >= 0.3 is 0 Å². The fourth-order valence-electron chi connectivity index (χ4n) is 1.53. The third-order valence-electron chi connectivity index (χ3n) is 2.81. The first-order valence-corrected chi connectivity index (χ1v) is 4.65.